The summed E-state index contributed by atoms with van der Waals surface area (Å²) < 4.78 is 5.09. The fourth-order valence-electron chi connectivity index (χ4n) is 1.16. The number of ether oxygens (including phenoxy) is 1. The maximum atomic E-state index is 8.38. The van der Waals surface area contributed by atoms with Crippen molar-refractivity contribution in [1.29, 1.82) is 5.26 Å². The van der Waals surface area contributed by atoms with E-state index in [1.54, 1.807) is 13.2 Å². The van der Waals surface area contributed by atoms with Gasteiger partial charge in [-0.25, -0.2) is 0 Å². The molecule has 0 saturated carbocycles. The summed E-state index contributed by atoms with van der Waals surface area (Å²) in [5, 5.41) is 12.2. The molecule has 0 atom stereocenters. The van der Waals surface area contributed by atoms with Crippen LogP contribution in [0.2, 0.25) is 5.02 Å². The quantitative estimate of drug-likeness (QED) is 0.782. The van der Waals surface area contributed by atoms with E-state index in [-0.39, 0.29) is 0 Å². The number of nitrogens with one attached hydrogen (secondary N) is 1. The topological polar surface area (TPSA) is 45.0 Å². The molecular formula is C11H13ClN2O. The standard InChI is InChI=1S/C11H13ClN2O/c1-15-9-4-5-10(12)11(8-9)14-7-3-2-6-13/h4-5,8,14H,2-3,7H2,1H3. The minimum atomic E-state index is 0.550. The summed E-state index contributed by atoms with van der Waals surface area (Å²) in [4.78, 5) is 0. The van der Waals surface area contributed by atoms with Gasteiger partial charge in [0.05, 0.1) is 23.9 Å². The summed E-state index contributed by atoms with van der Waals surface area (Å²) in [6.07, 6.45) is 1.36. The lowest BCUT2D eigenvalue weighted by Gasteiger charge is -2.09. The predicted molar refractivity (Wildman–Crippen MR) is 61.3 cm³/mol. The van der Waals surface area contributed by atoms with Crippen LogP contribution in [-0.2, 0) is 0 Å². The lowest BCUT2D eigenvalue weighted by molar-refractivity contribution is 0.415. The van der Waals surface area contributed by atoms with Crippen LogP contribution >= 0.6 is 11.6 Å². The molecule has 3 nitrogen and oxygen atoms in total. The summed E-state index contributed by atoms with van der Waals surface area (Å²) in [7, 11) is 1.61. The van der Waals surface area contributed by atoms with Crippen LogP contribution in [-0.4, -0.2) is 13.7 Å². The van der Waals surface area contributed by atoms with Gasteiger partial charge in [-0.3, -0.25) is 0 Å². The Hall–Kier alpha value is -1.40. The first kappa shape index (κ1) is 11.7. The minimum Gasteiger partial charge on any atom is -0.497 e. The molecule has 0 radical (unpaired) electrons. The van der Waals surface area contributed by atoms with Gasteiger partial charge in [0.15, 0.2) is 0 Å². The molecule has 0 bridgehead atoms. The maximum Gasteiger partial charge on any atom is 0.121 e. The number of methoxy groups -OCH3 is 1. The summed E-state index contributed by atoms with van der Waals surface area (Å²) in [5.74, 6) is 0.766. The molecule has 15 heavy (non-hydrogen) atoms. The van der Waals surface area contributed by atoms with Crippen LogP contribution in [0, 0.1) is 11.3 Å². The number of hydrogen-bond donors (Lipinski definition) is 1. The van der Waals surface area contributed by atoms with Crippen molar-refractivity contribution in [1.82, 2.24) is 0 Å². The molecule has 1 aromatic carbocycles. The Morgan fingerprint density at radius 1 is 1.53 bits per heavy atom. The van der Waals surface area contributed by atoms with Gasteiger partial charge in [-0.05, 0) is 18.6 Å². The first-order valence-corrected chi connectivity index (χ1v) is 5.10. The van der Waals surface area contributed by atoms with Crippen LogP contribution in [0.3, 0.4) is 0 Å². The number of unbranched alkanes of at least 4 members (excludes halogenated alkanes) is 1. The molecule has 1 rings (SSSR count). The average molecular weight is 225 g/mol. The van der Waals surface area contributed by atoms with E-state index in [2.05, 4.69) is 11.4 Å². The Morgan fingerprint density at radius 2 is 2.33 bits per heavy atom. The molecule has 0 amide bonds. The lowest BCUT2D eigenvalue weighted by Crippen LogP contribution is -2.01. The maximum absolute atomic E-state index is 8.38. The zero-order valence-corrected chi connectivity index (χ0v) is 9.34. The van der Waals surface area contributed by atoms with Crippen molar-refractivity contribution >= 4 is 17.3 Å². The van der Waals surface area contributed by atoms with Crippen molar-refractivity contribution in [3.05, 3.63) is 23.2 Å². The van der Waals surface area contributed by atoms with Gasteiger partial charge in [-0.1, -0.05) is 11.6 Å². The first-order chi connectivity index (χ1) is 7.27. The van der Waals surface area contributed by atoms with Gasteiger partial charge in [0, 0.05) is 19.0 Å². The highest BCUT2D eigenvalue weighted by Crippen LogP contribution is 2.26. The van der Waals surface area contributed by atoms with Crippen LogP contribution in [0.5, 0.6) is 5.75 Å². The van der Waals surface area contributed by atoms with E-state index in [9.17, 15) is 0 Å². The Bertz CT molecular complexity index is 360. The second kappa shape index (κ2) is 6.15. The van der Waals surface area contributed by atoms with Crippen LogP contribution < -0.4 is 10.1 Å². The molecular weight excluding hydrogens is 212 g/mol. The summed E-state index contributed by atoms with van der Waals surface area (Å²) in [6.45, 7) is 0.737. The highest BCUT2D eigenvalue weighted by Gasteiger charge is 2.01. The third-order valence-corrected chi connectivity index (χ3v) is 2.28. The van der Waals surface area contributed by atoms with Gasteiger partial charge in [0.1, 0.15) is 5.75 Å². The van der Waals surface area contributed by atoms with Crippen LogP contribution in [0.15, 0.2) is 18.2 Å². The molecule has 1 aromatic rings. The molecule has 0 aromatic heterocycles. The molecule has 0 heterocycles. The Labute approximate surface area is 94.6 Å². The van der Waals surface area contributed by atoms with Crippen LogP contribution in [0.4, 0.5) is 5.69 Å². The molecule has 0 saturated heterocycles. The number of rotatable bonds is 5. The molecule has 0 spiro atoms. The number of nitrogens with zero attached hydrogens (tertiary/aromatic N) is 1. The van der Waals surface area contributed by atoms with E-state index < -0.39 is 0 Å². The van der Waals surface area contributed by atoms with E-state index >= 15 is 0 Å². The minimum absolute atomic E-state index is 0.550. The van der Waals surface area contributed by atoms with Gasteiger partial charge in [0.2, 0.25) is 0 Å². The summed E-state index contributed by atoms with van der Waals surface area (Å²) >= 11 is 5.98. The summed E-state index contributed by atoms with van der Waals surface area (Å²) in [6, 6.07) is 7.53. The molecule has 0 fully saturated rings. The first-order valence-electron chi connectivity index (χ1n) is 4.72. The van der Waals surface area contributed by atoms with Crippen LogP contribution in [0.1, 0.15) is 12.8 Å². The van der Waals surface area contributed by atoms with Gasteiger partial charge in [0.25, 0.3) is 0 Å². The number of hydrogen-bond acceptors (Lipinski definition) is 3. The number of anilines is 1. The molecule has 0 aliphatic carbocycles. The average Bonchev–Trinajstić information content (AvgIpc) is 2.26. The molecule has 0 unspecified atom stereocenters. The SMILES string of the molecule is COc1ccc(Cl)c(NCCCC#N)c1. The van der Waals surface area contributed by atoms with Crippen molar-refractivity contribution in [2.24, 2.45) is 0 Å². The zero-order chi connectivity index (χ0) is 11.1. The number of halogens is 1. The van der Waals surface area contributed by atoms with E-state index in [0.29, 0.717) is 11.4 Å². The van der Waals surface area contributed by atoms with Gasteiger partial charge in [-0.15, -0.1) is 0 Å². The number of nitriles is 1. The van der Waals surface area contributed by atoms with Gasteiger partial charge >= 0.3 is 0 Å². The van der Waals surface area contributed by atoms with E-state index in [4.69, 9.17) is 21.6 Å². The zero-order valence-electron chi connectivity index (χ0n) is 8.59. The van der Waals surface area contributed by atoms with Crippen molar-refractivity contribution in [2.75, 3.05) is 19.0 Å². The Balaban J connectivity index is 2.56. The second-order valence-electron chi connectivity index (χ2n) is 3.03. The predicted octanol–water partition coefficient (Wildman–Crippen LogP) is 3.06. The third kappa shape index (κ3) is 3.69. The smallest absolute Gasteiger partial charge is 0.121 e. The fourth-order valence-corrected chi connectivity index (χ4v) is 1.34. The highest BCUT2D eigenvalue weighted by atomic mass is 35.5. The summed E-state index contributed by atoms with van der Waals surface area (Å²) in [5.41, 5.74) is 0.842. The largest absolute Gasteiger partial charge is 0.497 e. The van der Waals surface area contributed by atoms with E-state index in [1.807, 2.05) is 12.1 Å². The van der Waals surface area contributed by atoms with Gasteiger partial charge in [-0.2, -0.15) is 5.26 Å². The van der Waals surface area contributed by atoms with E-state index in [1.165, 1.54) is 0 Å². The second-order valence-corrected chi connectivity index (χ2v) is 3.44. The van der Waals surface area contributed by atoms with Crippen LogP contribution in [0.25, 0.3) is 0 Å². The third-order valence-electron chi connectivity index (χ3n) is 1.95. The molecule has 80 valence electrons. The van der Waals surface area contributed by atoms with Crippen molar-refractivity contribution < 1.29 is 4.74 Å². The normalized spacial score (nSPS) is 9.40. The molecule has 0 aliphatic rings. The Kier molecular flexibility index (Phi) is 4.79. The lowest BCUT2D eigenvalue weighted by atomic mass is 10.2. The Morgan fingerprint density at radius 3 is 3.00 bits per heavy atom. The van der Waals surface area contributed by atoms with Gasteiger partial charge < -0.3 is 10.1 Å². The van der Waals surface area contributed by atoms with E-state index in [0.717, 1.165) is 24.4 Å². The number of benzene rings is 1. The van der Waals surface area contributed by atoms with Crippen molar-refractivity contribution in [2.45, 2.75) is 12.8 Å². The monoisotopic (exact) mass is 224 g/mol. The molecule has 0 aliphatic heterocycles. The molecule has 1 N–H and O–H groups in total. The fraction of sp³-hybridized carbons (Fsp3) is 0.364. The van der Waals surface area contributed by atoms with Crippen molar-refractivity contribution in [3.63, 3.8) is 0 Å². The molecule has 4 heteroatoms. The van der Waals surface area contributed by atoms with Crippen molar-refractivity contribution in [3.8, 4) is 11.8 Å². The highest BCUT2D eigenvalue weighted by molar-refractivity contribution is 6.33.